The van der Waals surface area contributed by atoms with E-state index in [-0.39, 0.29) is 12.1 Å². The zero-order chi connectivity index (χ0) is 11.9. The average Bonchev–Trinajstić information content (AvgIpc) is 2.70. The smallest absolute Gasteiger partial charge is 0.0863 e. The number of hydrogen-bond acceptors (Lipinski definition) is 3. The summed E-state index contributed by atoms with van der Waals surface area (Å²) in [5.41, 5.74) is 7.85. The second-order valence-corrected chi connectivity index (χ2v) is 5.50. The lowest BCUT2D eigenvalue weighted by atomic mass is 9.84. The number of benzene rings is 1. The van der Waals surface area contributed by atoms with Gasteiger partial charge < -0.3 is 16.2 Å². The number of fused-ring (bicyclic) bond motifs is 1. The molecule has 3 nitrogen and oxygen atoms in total. The largest absolute Gasteiger partial charge is 0.388 e. The quantitative estimate of drug-likeness (QED) is 0.690. The fraction of sp³-hybridized carbons (Fsp3) is 0.571. The van der Waals surface area contributed by atoms with Gasteiger partial charge in [-0.05, 0) is 43.7 Å². The lowest BCUT2D eigenvalue weighted by Gasteiger charge is -2.37. The van der Waals surface area contributed by atoms with Crippen LogP contribution in [0.25, 0.3) is 0 Å². The highest BCUT2D eigenvalue weighted by Gasteiger charge is 2.43. The summed E-state index contributed by atoms with van der Waals surface area (Å²) in [7, 11) is 0. The normalized spacial score (nSPS) is 36.4. The Hall–Kier alpha value is -1.06. The van der Waals surface area contributed by atoms with Crippen molar-refractivity contribution in [2.45, 2.75) is 49.8 Å². The first-order valence-electron chi connectivity index (χ1n) is 6.50. The van der Waals surface area contributed by atoms with Gasteiger partial charge in [-0.2, -0.15) is 0 Å². The van der Waals surface area contributed by atoms with E-state index in [1.807, 2.05) is 6.07 Å². The van der Waals surface area contributed by atoms with E-state index < -0.39 is 5.60 Å². The van der Waals surface area contributed by atoms with Gasteiger partial charge in [0.05, 0.1) is 11.6 Å². The van der Waals surface area contributed by atoms with Crippen LogP contribution in [-0.2, 0) is 6.42 Å². The van der Waals surface area contributed by atoms with Gasteiger partial charge in [0, 0.05) is 11.7 Å². The lowest BCUT2D eigenvalue weighted by molar-refractivity contribution is 0.0230. The van der Waals surface area contributed by atoms with Crippen LogP contribution in [-0.4, -0.2) is 22.8 Å². The van der Waals surface area contributed by atoms with Crippen molar-refractivity contribution in [1.82, 2.24) is 0 Å². The summed E-state index contributed by atoms with van der Waals surface area (Å²) in [6.45, 7) is 0. The molecule has 0 radical (unpaired) electrons. The van der Waals surface area contributed by atoms with Crippen LogP contribution in [0.4, 0.5) is 5.69 Å². The predicted molar refractivity (Wildman–Crippen MR) is 68.9 cm³/mol. The molecule has 92 valence electrons. The maximum atomic E-state index is 10.7. The van der Waals surface area contributed by atoms with Gasteiger partial charge in [-0.1, -0.05) is 18.2 Å². The van der Waals surface area contributed by atoms with Crippen molar-refractivity contribution in [3.05, 3.63) is 29.8 Å². The Labute approximate surface area is 102 Å². The lowest BCUT2D eigenvalue weighted by Crippen LogP contribution is -2.47. The second kappa shape index (κ2) is 4.00. The molecular weight excluding hydrogens is 212 g/mol. The number of anilines is 1. The molecule has 3 rings (SSSR count). The van der Waals surface area contributed by atoms with Gasteiger partial charge in [-0.25, -0.2) is 0 Å². The number of nitrogens with one attached hydrogen (secondary N) is 1. The Morgan fingerprint density at radius 1 is 1.29 bits per heavy atom. The molecule has 2 aliphatic rings. The highest BCUT2D eigenvalue weighted by atomic mass is 16.3. The Balaban J connectivity index is 1.80. The first-order valence-corrected chi connectivity index (χ1v) is 6.50. The second-order valence-electron chi connectivity index (χ2n) is 5.50. The van der Waals surface area contributed by atoms with Crippen molar-refractivity contribution in [1.29, 1.82) is 0 Å². The Morgan fingerprint density at radius 3 is 2.88 bits per heavy atom. The molecule has 1 aliphatic carbocycles. The van der Waals surface area contributed by atoms with E-state index in [1.54, 1.807) is 0 Å². The molecular formula is C14H20N2O. The molecule has 1 heterocycles. The van der Waals surface area contributed by atoms with Crippen LogP contribution in [0, 0.1) is 0 Å². The number of para-hydroxylation sites is 1. The zero-order valence-electron chi connectivity index (χ0n) is 10.0. The third kappa shape index (κ3) is 1.94. The summed E-state index contributed by atoms with van der Waals surface area (Å²) in [4.78, 5) is 0. The molecule has 0 bridgehead atoms. The summed E-state index contributed by atoms with van der Waals surface area (Å²) in [5.74, 6) is 0. The Bertz CT molecular complexity index is 420. The Kier molecular flexibility index (Phi) is 2.60. The summed E-state index contributed by atoms with van der Waals surface area (Å²) in [5, 5.41) is 14.2. The third-order valence-corrected chi connectivity index (χ3v) is 4.26. The summed E-state index contributed by atoms with van der Waals surface area (Å²) in [6.07, 6.45) is 4.54. The first-order chi connectivity index (χ1) is 8.17. The van der Waals surface area contributed by atoms with E-state index in [2.05, 4.69) is 23.5 Å². The van der Waals surface area contributed by atoms with Gasteiger partial charge in [0.15, 0.2) is 0 Å². The Morgan fingerprint density at radius 2 is 2.12 bits per heavy atom. The summed E-state index contributed by atoms with van der Waals surface area (Å²) in [6, 6.07) is 8.69. The van der Waals surface area contributed by atoms with E-state index in [9.17, 15) is 5.11 Å². The highest BCUT2D eigenvalue weighted by molar-refractivity contribution is 5.54. The minimum absolute atomic E-state index is 0.158. The van der Waals surface area contributed by atoms with Gasteiger partial charge >= 0.3 is 0 Å². The van der Waals surface area contributed by atoms with Crippen molar-refractivity contribution in [2.24, 2.45) is 5.73 Å². The highest BCUT2D eigenvalue weighted by Crippen LogP contribution is 2.38. The van der Waals surface area contributed by atoms with Crippen molar-refractivity contribution in [3.63, 3.8) is 0 Å². The molecule has 4 N–H and O–H groups in total. The van der Waals surface area contributed by atoms with Crippen LogP contribution in [0.15, 0.2) is 24.3 Å². The van der Waals surface area contributed by atoms with E-state index in [1.165, 1.54) is 11.3 Å². The zero-order valence-corrected chi connectivity index (χ0v) is 10.0. The molecule has 0 spiro atoms. The van der Waals surface area contributed by atoms with E-state index in [0.717, 1.165) is 32.1 Å². The van der Waals surface area contributed by atoms with Crippen molar-refractivity contribution in [2.75, 3.05) is 5.32 Å². The van der Waals surface area contributed by atoms with Crippen molar-refractivity contribution >= 4 is 5.69 Å². The molecule has 17 heavy (non-hydrogen) atoms. The first kappa shape index (κ1) is 11.1. The number of aliphatic hydroxyl groups is 1. The average molecular weight is 232 g/mol. The summed E-state index contributed by atoms with van der Waals surface area (Å²) < 4.78 is 0. The van der Waals surface area contributed by atoms with Gasteiger partial charge in [0.2, 0.25) is 0 Å². The molecule has 1 aromatic carbocycles. The molecule has 0 aromatic heterocycles. The predicted octanol–water partition coefficient (Wildman–Crippen LogP) is 1.66. The molecule has 1 fully saturated rings. The van der Waals surface area contributed by atoms with E-state index in [0.29, 0.717) is 0 Å². The monoisotopic (exact) mass is 232 g/mol. The number of aryl methyl sites for hydroxylation is 1. The SMILES string of the molecule is NC1CCC(O)(C2CCc3ccccc3N2)C1. The topological polar surface area (TPSA) is 58.3 Å². The standard InChI is InChI=1S/C14H20N2O/c15-11-7-8-14(17,9-11)13-6-5-10-3-1-2-4-12(10)16-13/h1-4,11,13,16-17H,5-9,15H2. The van der Waals surface area contributed by atoms with Gasteiger partial charge in [0.1, 0.15) is 0 Å². The minimum atomic E-state index is -0.604. The molecule has 1 aliphatic heterocycles. The number of nitrogens with two attached hydrogens (primary N) is 1. The van der Waals surface area contributed by atoms with Crippen LogP contribution >= 0.6 is 0 Å². The number of hydrogen-bond donors (Lipinski definition) is 3. The van der Waals surface area contributed by atoms with E-state index in [4.69, 9.17) is 5.73 Å². The van der Waals surface area contributed by atoms with Crippen LogP contribution in [0.3, 0.4) is 0 Å². The maximum absolute atomic E-state index is 10.7. The minimum Gasteiger partial charge on any atom is -0.388 e. The third-order valence-electron chi connectivity index (χ3n) is 4.26. The van der Waals surface area contributed by atoms with Gasteiger partial charge in [-0.15, -0.1) is 0 Å². The van der Waals surface area contributed by atoms with Crippen molar-refractivity contribution < 1.29 is 5.11 Å². The molecule has 0 saturated heterocycles. The molecule has 3 unspecified atom stereocenters. The van der Waals surface area contributed by atoms with Gasteiger partial charge in [0.25, 0.3) is 0 Å². The molecule has 0 amide bonds. The summed E-state index contributed by atoms with van der Waals surface area (Å²) >= 11 is 0. The fourth-order valence-corrected chi connectivity index (χ4v) is 3.25. The van der Waals surface area contributed by atoms with Crippen LogP contribution in [0.1, 0.15) is 31.2 Å². The number of rotatable bonds is 1. The molecule has 3 atom stereocenters. The molecule has 1 saturated carbocycles. The van der Waals surface area contributed by atoms with E-state index >= 15 is 0 Å². The molecule has 3 heteroatoms. The molecule has 1 aromatic rings. The van der Waals surface area contributed by atoms with Crippen LogP contribution in [0.5, 0.6) is 0 Å². The fourth-order valence-electron chi connectivity index (χ4n) is 3.25. The van der Waals surface area contributed by atoms with Crippen LogP contribution in [0.2, 0.25) is 0 Å². The maximum Gasteiger partial charge on any atom is 0.0863 e. The van der Waals surface area contributed by atoms with Crippen LogP contribution < -0.4 is 11.1 Å². The van der Waals surface area contributed by atoms with Gasteiger partial charge in [-0.3, -0.25) is 0 Å². The van der Waals surface area contributed by atoms with Crippen molar-refractivity contribution in [3.8, 4) is 0 Å².